The Hall–Kier alpha value is -4.22. The molecule has 1 aromatic carbocycles. The van der Waals surface area contributed by atoms with E-state index in [2.05, 4.69) is 15.3 Å². The first-order valence-corrected chi connectivity index (χ1v) is 14.7. The zero-order valence-electron chi connectivity index (χ0n) is 23.5. The molecule has 224 valence electrons. The van der Waals surface area contributed by atoms with Crippen molar-refractivity contribution in [2.75, 3.05) is 31.7 Å². The first kappa shape index (κ1) is 30.2. The first-order valence-electron chi connectivity index (χ1n) is 13.5. The highest BCUT2D eigenvalue weighted by atomic mass is 35.5. The van der Waals surface area contributed by atoms with Gasteiger partial charge < -0.3 is 34.3 Å². The number of aryl methyl sites for hydroxylation is 1. The van der Waals surface area contributed by atoms with E-state index in [1.54, 1.807) is 26.4 Å². The molecular formula is C29H30ClN7O5S. The molecule has 4 aromatic rings. The van der Waals surface area contributed by atoms with Crippen LogP contribution in [0.5, 0.6) is 0 Å². The van der Waals surface area contributed by atoms with Gasteiger partial charge >= 0.3 is 5.97 Å². The molecule has 1 aliphatic rings. The van der Waals surface area contributed by atoms with Crippen LogP contribution in [0.3, 0.4) is 0 Å². The molecule has 0 saturated carbocycles. The van der Waals surface area contributed by atoms with Gasteiger partial charge in [-0.2, -0.15) is 5.26 Å². The number of aromatic amines is 1. The van der Waals surface area contributed by atoms with Crippen molar-refractivity contribution in [2.45, 2.75) is 38.6 Å². The number of carbonyl (C=O) groups is 2. The van der Waals surface area contributed by atoms with Gasteiger partial charge in [-0.1, -0.05) is 53.3 Å². The average molecular weight is 624 g/mol. The molecule has 1 aliphatic heterocycles. The summed E-state index contributed by atoms with van der Waals surface area (Å²) in [5.41, 5.74) is 1.99. The number of amides is 1. The second-order valence-corrected chi connectivity index (χ2v) is 11.3. The number of anilines is 1. The second-order valence-electron chi connectivity index (χ2n) is 9.99. The number of ether oxygens (including phenoxy) is 2. The summed E-state index contributed by atoms with van der Waals surface area (Å²) in [6.07, 6.45) is 3.38. The average Bonchev–Trinajstić information content (AvgIpc) is 3.73. The fourth-order valence-electron chi connectivity index (χ4n) is 4.96. The molecule has 3 aromatic heterocycles. The standard InChI is InChI=1S/C29H30ClN7O5S/c1-17-22(30)19(14-31)23(33-17)27(38)34-20-8-10-37(15-21(20)42-16-18-6-4-3-5-7-18)29-35-24(25(43-29)28(39)40)26-32-9-11-36(26)12-13-41-2/h3-7,9,11,20-21,33H,8,10,12-13,15-16H2,1-2H3,(H,34,38)(H,39,40)/t20-,21+/m1/s1. The van der Waals surface area contributed by atoms with E-state index in [1.807, 2.05) is 45.9 Å². The van der Waals surface area contributed by atoms with E-state index in [1.165, 1.54) is 0 Å². The highest BCUT2D eigenvalue weighted by Crippen LogP contribution is 2.34. The lowest BCUT2D eigenvalue weighted by Gasteiger charge is -2.38. The zero-order valence-corrected chi connectivity index (χ0v) is 25.1. The number of hydrogen-bond donors (Lipinski definition) is 3. The number of carboxylic acids is 1. The Morgan fingerprint density at radius 2 is 2.12 bits per heavy atom. The fraction of sp³-hybridized carbons (Fsp3) is 0.345. The molecule has 0 spiro atoms. The number of aromatic carboxylic acids is 1. The highest BCUT2D eigenvalue weighted by molar-refractivity contribution is 7.17. The molecule has 14 heteroatoms. The topological polar surface area (TPSA) is 158 Å². The van der Waals surface area contributed by atoms with Crippen molar-refractivity contribution in [2.24, 2.45) is 0 Å². The number of carboxylic acid groups (broad SMARTS) is 1. The molecule has 0 aliphatic carbocycles. The van der Waals surface area contributed by atoms with Crippen LogP contribution in [0.25, 0.3) is 11.5 Å². The lowest BCUT2D eigenvalue weighted by Crippen LogP contribution is -2.55. The number of nitrogens with one attached hydrogen (secondary N) is 2. The van der Waals surface area contributed by atoms with Gasteiger partial charge in [0.1, 0.15) is 27.9 Å². The third kappa shape index (κ3) is 6.57. The number of thiazole rings is 1. The van der Waals surface area contributed by atoms with E-state index >= 15 is 0 Å². The summed E-state index contributed by atoms with van der Waals surface area (Å²) < 4.78 is 13.3. The van der Waals surface area contributed by atoms with Gasteiger partial charge in [0.05, 0.1) is 30.4 Å². The number of methoxy groups -OCH3 is 1. The Morgan fingerprint density at radius 3 is 2.84 bits per heavy atom. The number of aromatic nitrogens is 4. The summed E-state index contributed by atoms with van der Waals surface area (Å²) >= 11 is 7.29. The lowest BCUT2D eigenvalue weighted by atomic mass is 10.0. The predicted octanol–water partition coefficient (Wildman–Crippen LogP) is 4.11. The molecule has 5 rings (SSSR count). The number of hydrogen-bond acceptors (Lipinski definition) is 9. The highest BCUT2D eigenvalue weighted by Gasteiger charge is 2.35. The summed E-state index contributed by atoms with van der Waals surface area (Å²) in [4.78, 5) is 39.6. The fourth-order valence-corrected chi connectivity index (χ4v) is 6.08. The molecule has 1 fully saturated rings. The van der Waals surface area contributed by atoms with Crippen LogP contribution in [-0.2, 0) is 22.6 Å². The molecule has 12 nitrogen and oxygen atoms in total. The van der Waals surface area contributed by atoms with Gasteiger partial charge in [0.2, 0.25) is 0 Å². The predicted molar refractivity (Wildman–Crippen MR) is 161 cm³/mol. The van der Waals surface area contributed by atoms with Crippen molar-refractivity contribution in [1.82, 2.24) is 24.8 Å². The molecule has 1 saturated heterocycles. The lowest BCUT2D eigenvalue weighted by molar-refractivity contribution is 0.00967. The number of imidazole rings is 1. The van der Waals surface area contributed by atoms with Crippen LogP contribution < -0.4 is 10.2 Å². The van der Waals surface area contributed by atoms with Gasteiger partial charge in [0, 0.05) is 44.8 Å². The molecule has 3 N–H and O–H groups in total. The van der Waals surface area contributed by atoms with Gasteiger partial charge in [-0.25, -0.2) is 14.8 Å². The van der Waals surface area contributed by atoms with Crippen LogP contribution in [0, 0.1) is 18.3 Å². The second kappa shape index (κ2) is 13.4. The molecular weight excluding hydrogens is 594 g/mol. The first-order chi connectivity index (χ1) is 20.8. The molecule has 0 unspecified atom stereocenters. The van der Waals surface area contributed by atoms with Gasteiger partial charge in [-0.3, -0.25) is 4.79 Å². The summed E-state index contributed by atoms with van der Waals surface area (Å²) in [6.45, 7) is 3.77. The number of piperidine rings is 1. The van der Waals surface area contributed by atoms with Crippen molar-refractivity contribution < 1.29 is 24.2 Å². The quantitative estimate of drug-likeness (QED) is 0.223. The molecule has 0 bridgehead atoms. The van der Waals surface area contributed by atoms with Crippen molar-refractivity contribution in [3.05, 3.63) is 75.1 Å². The van der Waals surface area contributed by atoms with Crippen molar-refractivity contribution in [3.63, 3.8) is 0 Å². The van der Waals surface area contributed by atoms with E-state index in [0.29, 0.717) is 55.9 Å². The van der Waals surface area contributed by atoms with E-state index < -0.39 is 24.0 Å². The van der Waals surface area contributed by atoms with Crippen molar-refractivity contribution in [1.29, 1.82) is 5.26 Å². The third-order valence-electron chi connectivity index (χ3n) is 7.18. The van der Waals surface area contributed by atoms with Crippen LogP contribution in [0.15, 0.2) is 42.7 Å². The maximum Gasteiger partial charge on any atom is 0.348 e. The number of carbonyl (C=O) groups excluding carboxylic acids is 1. The van der Waals surface area contributed by atoms with E-state index in [4.69, 9.17) is 26.1 Å². The van der Waals surface area contributed by atoms with E-state index in [9.17, 15) is 20.0 Å². The molecule has 0 radical (unpaired) electrons. The normalized spacial score (nSPS) is 16.7. The van der Waals surface area contributed by atoms with Crippen LogP contribution in [-0.4, -0.2) is 75.5 Å². The van der Waals surface area contributed by atoms with Gasteiger partial charge in [0.25, 0.3) is 5.91 Å². The minimum absolute atomic E-state index is 0.0834. The third-order valence-corrected chi connectivity index (χ3v) is 8.75. The SMILES string of the molecule is COCCn1ccnc1-c1nc(N2CC[C@@H](NC(=O)c3[nH]c(C)c(Cl)c3C#N)[C@@H](OCc3ccccc3)C2)sc1C(=O)O. The van der Waals surface area contributed by atoms with Gasteiger partial charge in [0.15, 0.2) is 11.0 Å². The number of rotatable bonds is 11. The minimum Gasteiger partial charge on any atom is -0.477 e. The monoisotopic (exact) mass is 623 g/mol. The van der Waals surface area contributed by atoms with Crippen LogP contribution in [0.1, 0.15) is 43.4 Å². The number of nitriles is 1. The maximum atomic E-state index is 13.3. The molecule has 43 heavy (non-hydrogen) atoms. The molecule has 1 amide bonds. The Labute approximate surface area is 256 Å². The minimum atomic E-state index is -1.09. The zero-order chi connectivity index (χ0) is 30.5. The smallest absolute Gasteiger partial charge is 0.348 e. The van der Waals surface area contributed by atoms with Crippen LogP contribution >= 0.6 is 22.9 Å². The van der Waals surface area contributed by atoms with Crippen molar-refractivity contribution in [3.8, 4) is 17.6 Å². The van der Waals surface area contributed by atoms with Crippen LogP contribution in [0.4, 0.5) is 5.13 Å². The van der Waals surface area contributed by atoms with Crippen LogP contribution in [0.2, 0.25) is 5.02 Å². The number of halogens is 1. The van der Waals surface area contributed by atoms with Crippen molar-refractivity contribution >= 4 is 39.9 Å². The Morgan fingerprint density at radius 1 is 1.33 bits per heavy atom. The Balaban J connectivity index is 1.40. The summed E-state index contributed by atoms with van der Waals surface area (Å²) in [6, 6.07) is 11.3. The maximum absolute atomic E-state index is 13.3. The molecule has 4 heterocycles. The Kier molecular flexibility index (Phi) is 9.42. The summed E-state index contributed by atoms with van der Waals surface area (Å²) in [7, 11) is 1.60. The number of nitrogens with zero attached hydrogens (tertiary/aromatic N) is 5. The van der Waals surface area contributed by atoms with Gasteiger partial charge in [-0.15, -0.1) is 0 Å². The largest absolute Gasteiger partial charge is 0.477 e. The summed E-state index contributed by atoms with van der Waals surface area (Å²) in [5, 5.41) is 23.3. The number of H-pyrrole nitrogens is 1. The van der Waals surface area contributed by atoms with Gasteiger partial charge in [-0.05, 0) is 18.9 Å². The number of benzene rings is 1. The van der Waals surface area contributed by atoms with E-state index in [0.717, 1.165) is 16.9 Å². The van der Waals surface area contributed by atoms with E-state index in [-0.39, 0.29) is 26.9 Å². The Bertz CT molecular complexity index is 1640. The molecule has 2 atom stereocenters. The summed E-state index contributed by atoms with van der Waals surface area (Å²) in [5.74, 6) is -1.10.